The van der Waals surface area contributed by atoms with E-state index in [1.54, 1.807) is 19.9 Å². The van der Waals surface area contributed by atoms with E-state index < -0.39 is 26.0 Å². The first kappa shape index (κ1) is 27.2. The van der Waals surface area contributed by atoms with Crippen molar-refractivity contribution >= 4 is 38.9 Å². The van der Waals surface area contributed by atoms with E-state index in [2.05, 4.69) is 19.6 Å². The van der Waals surface area contributed by atoms with Crippen molar-refractivity contribution in [2.75, 3.05) is 5.75 Å². The summed E-state index contributed by atoms with van der Waals surface area (Å²) in [4.78, 5) is 16.4. The molecule has 0 bridgehead atoms. The number of amides is 1. The first-order valence-electron chi connectivity index (χ1n) is 12.5. The molecule has 1 aliphatic heterocycles. The van der Waals surface area contributed by atoms with E-state index in [-0.39, 0.29) is 29.5 Å². The first-order chi connectivity index (χ1) is 16.8. The van der Waals surface area contributed by atoms with E-state index in [4.69, 9.17) is 23.2 Å². The second-order valence-electron chi connectivity index (χ2n) is 11.2. The number of hydrogen-bond donors (Lipinski definition) is 0. The quantitative estimate of drug-likeness (QED) is 0.327. The van der Waals surface area contributed by atoms with Crippen LogP contribution >= 0.6 is 23.2 Å². The second-order valence-corrected chi connectivity index (χ2v) is 14.6. The predicted molar refractivity (Wildman–Crippen MR) is 148 cm³/mol. The monoisotopic (exact) mass is 547 g/mol. The number of likely N-dealkylation sites (tertiary alicyclic amines) is 1. The highest BCUT2D eigenvalue weighted by atomic mass is 35.5. The van der Waals surface area contributed by atoms with E-state index >= 15 is 0 Å². The molecule has 2 fully saturated rings. The number of piperidine rings is 1. The zero-order chi connectivity index (χ0) is 26.5. The van der Waals surface area contributed by atoms with E-state index in [9.17, 15) is 13.2 Å². The number of allylic oxidation sites excluding steroid dienone is 1. The predicted octanol–water partition coefficient (Wildman–Crippen LogP) is 7.23. The van der Waals surface area contributed by atoms with Crippen LogP contribution in [0.1, 0.15) is 70.0 Å². The topological polar surface area (TPSA) is 54.5 Å². The van der Waals surface area contributed by atoms with Crippen LogP contribution in [-0.2, 0) is 14.6 Å². The van der Waals surface area contributed by atoms with Gasteiger partial charge < -0.3 is 4.90 Å². The molecule has 5 atom stereocenters. The summed E-state index contributed by atoms with van der Waals surface area (Å²) in [6.45, 7) is 11.4. The van der Waals surface area contributed by atoms with Crippen molar-refractivity contribution < 1.29 is 13.2 Å². The standard InChI is InChI=1S/C29H35Cl2NO3S/c1-6-14-28(5)17-25(22-8-7-9-24(31)15-22)26(21-10-12-23(30)13-11-21)32(27(28)33)29(16-20(29)4)18-36(34,35)19(2)3/h6-13,15,19-20,25-26H,1,14,16-18H2,2-5H3/t20?,25-,26?,28+,29?/m1/s1. The second kappa shape index (κ2) is 9.81. The number of carbonyl (C=O) groups is 1. The summed E-state index contributed by atoms with van der Waals surface area (Å²) < 4.78 is 26.5. The van der Waals surface area contributed by atoms with Crippen LogP contribution in [0.3, 0.4) is 0 Å². The molecule has 0 radical (unpaired) electrons. The molecule has 1 aliphatic carbocycles. The van der Waals surface area contributed by atoms with Gasteiger partial charge in [0.2, 0.25) is 5.91 Å². The van der Waals surface area contributed by atoms with Gasteiger partial charge >= 0.3 is 0 Å². The van der Waals surface area contributed by atoms with Gasteiger partial charge in [0.1, 0.15) is 0 Å². The van der Waals surface area contributed by atoms with Gasteiger partial charge in [0, 0.05) is 16.0 Å². The number of nitrogens with zero attached hydrogens (tertiary/aromatic N) is 1. The number of halogens is 2. The van der Waals surface area contributed by atoms with Crippen molar-refractivity contribution in [2.45, 2.75) is 69.7 Å². The molecule has 0 aromatic heterocycles. The third-order valence-corrected chi connectivity index (χ3v) is 11.0. The van der Waals surface area contributed by atoms with Crippen LogP contribution in [0.2, 0.25) is 10.0 Å². The van der Waals surface area contributed by atoms with Crippen LogP contribution in [-0.4, -0.2) is 35.8 Å². The minimum Gasteiger partial charge on any atom is -0.328 e. The lowest BCUT2D eigenvalue weighted by atomic mass is 9.67. The zero-order valence-corrected chi connectivity index (χ0v) is 23.7. The summed E-state index contributed by atoms with van der Waals surface area (Å²) in [6, 6.07) is 15.0. The maximum absolute atomic E-state index is 14.5. The van der Waals surface area contributed by atoms with Crippen LogP contribution in [0, 0.1) is 11.3 Å². The third kappa shape index (κ3) is 4.87. The normalized spacial score (nSPS) is 30.5. The Balaban J connectivity index is 1.95. The Labute approximate surface area is 225 Å². The molecular formula is C29H35Cl2NO3S. The van der Waals surface area contributed by atoms with Gasteiger partial charge in [0.05, 0.1) is 28.0 Å². The van der Waals surface area contributed by atoms with Crippen LogP contribution < -0.4 is 0 Å². The van der Waals surface area contributed by atoms with Crippen LogP contribution in [0.25, 0.3) is 0 Å². The minimum absolute atomic E-state index is 0.0102. The van der Waals surface area contributed by atoms with E-state index in [0.717, 1.165) is 11.1 Å². The Kier molecular flexibility index (Phi) is 7.42. The average molecular weight is 549 g/mol. The van der Waals surface area contributed by atoms with Gasteiger partial charge in [0.25, 0.3) is 0 Å². The molecule has 4 rings (SSSR count). The van der Waals surface area contributed by atoms with Crippen molar-refractivity contribution in [2.24, 2.45) is 11.3 Å². The fourth-order valence-corrected chi connectivity index (χ4v) is 7.82. The number of hydrogen-bond acceptors (Lipinski definition) is 3. The van der Waals surface area contributed by atoms with Crippen LogP contribution in [0.15, 0.2) is 61.2 Å². The average Bonchev–Trinajstić information content (AvgIpc) is 3.44. The van der Waals surface area contributed by atoms with Gasteiger partial charge in [-0.15, -0.1) is 6.58 Å². The molecule has 1 heterocycles. The molecule has 4 nitrogen and oxygen atoms in total. The highest BCUT2D eigenvalue weighted by molar-refractivity contribution is 7.92. The van der Waals surface area contributed by atoms with Crippen molar-refractivity contribution in [3.05, 3.63) is 82.4 Å². The summed E-state index contributed by atoms with van der Waals surface area (Å²) in [5.41, 5.74) is 0.503. The summed E-state index contributed by atoms with van der Waals surface area (Å²) in [6.07, 6.45) is 3.56. The fraction of sp³-hybridized carbons (Fsp3) is 0.483. The van der Waals surface area contributed by atoms with Crippen molar-refractivity contribution in [3.63, 3.8) is 0 Å². The SMILES string of the molecule is C=CC[C@@]1(C)C[C@H](c2cccc(Cl)c2)C(c2ccc(Cl)cc2)N(C2(CS(=O)(=O)C(C)C)CC2C)C1=O. The Morgan fingerprint density at radius 1 is 1.08 bits per heavy atom. The molecular weight excluding hydrogens is 513 g/mol. The Hall–Kier alpha value is -1.82. The molecule has 2 aliphatic rings. The van der Waals surface area contributed by atoms with Crippen LogP contribution in [0.4, 0.5) is 0 Å². The zero-order valence-electron chi connectivity index (χ0n) is 21.4. The highest BCUT2D eigenvalue weighted by Crippen LogP contribution is 2.60. The largest absolute Gasteiger partial charge is 0.328 e. The van der Waals surface area contributed by atoms with Crippen molar-refractivity contribution in [1.29, 1.82) is 0 Å². The summed E-state index contributed by atoms with van der Waals surface area (Å²) >= 11 is 12.7. The van der Waals surface area contributed by atoms with Gasteiger partial charge in [-0.3, -0.25) is 4.79 Å². The Bertz CT molecular complexity index is 1260. The van der Waals surface area contributed by atoms with E-state index in [1.807, 2.05) is 54.3 Å². The summed E-state index contributed by atoms with van der Waals surface area (Å²) in [7, 11) is -3.41. The molecule has 2 aromatic carbocycles. The molecule has 1 saturated carbocycles. The Morgan fingerprint density at radius 3 is 2.25 bits per heavy atom. The lowest BCUT2D eigenvalue weighted by Gasteiger charge is -2.53. The number of sulfone groups is 1. The minimum atomic E-state index is -3.41. The van der Waals surface area contributed by atoms with E-state index in [0.29, 0.717) is 29.3 Å². The molecule has 2 aromatic rings. The maximum atomic E-state index is 14.5. The van der Waals surface area contributed by atoms with Gasteiger partial charge in [-0.1, -0.05) is 67.4 Å². The Morgan fingerprint density at radius 2 is 1.72 bits per heavy atom. The third-order valence-electron chi connectivity index (χ3n) is 8.21. The number of benzene rings is 2. The molecule has 36 heavy (non-hydrogen) atoms. The molecule has 1 saturated heterocycles. The fourth-order valence-electron chi connectivity index (χ4n) is 5.92. The number of carbonyl (C=O) groups excluding carboxylic acids is 1. The molecule has 194 valence electrons. The maximum Gasteiger partial charge on any atom is 0.229 e. The smallest absolute Gasteiger partial charge is 0.229 e. The first-order valence-corrected chi connectivity index (χ1v) is 15.0. The van der Waals surface area contributed by atoms with Gasteiger partial charge in [0.15, 0.2) is 9.84 Å². The van der Waals surface area contributed by atoms with Crippen LogP contribution in [0.5, 0.6) is 0 Å². The van der Waals surface area contributed by atoms with E-state index in [1.165, 1.54) is 0 Å². The summed E-state index contributed by atoms with van der Waals surface area (Å²) in [5.74, 6) is -0.0695. The highest BCUT2D eigenvalue weighted by Gasteiger charge is 2.65. The van der Waals surface area contributed by atoms with Gasteiger partial charge in [-0.25, -0.2) is 8.42 Å². The molecule has 0 spiro atoms. The van der Waals surface area contributed by atoms with Gasteiger partial charge in [-0.05, 0) is 74.4 Å². The molecule has 0 N–H and O–H groups in total. The van der Waals surface area contributed by atoms with Crippen molar-refractivity contribution in [1.82, 2.24) is 4.90 Å². The van der Waals surface area contributed by atoms with Gasteiger partial charge in [-0.2, -0.15) is 0 Å². The molecule has 7 heteroatoms. The van der Waals surface area contributed by atoms with Crippen molar-refractivity contribution in [3.8, 4) is 0 Å². The lowest BCUT2D eigenvalue weighted by molar-refractivity contribution is -0.155. The number of rotatable bonds is 8. The lowest BCUT2D eigenvalue weighted by Crippen LogP contribution is -2.59. The summed E-state index contributed by atoms with van der Waals surface area (Å²) in [5, 5.41) is 0.729. The molecule has 1 amide bonds. The molecule has 3 unspecified atom stereocenters.